The molecule has 7 nitrogen and oxygen atoms in total. The molecule has 162 valence electrons. The highest BCUT2D eigenvalue weighted by Crippen LogP contribution is 2.34. The number of anilines is 1. The van der Waals surface area contributed by atoms with Crippen molar-refractivity contribution in [2.45, 2.75) is 26.2 Å². The molecular weight excluding hydrogens is 414 g/mol. The Morgan fingerprint density at radius 1 is 1.10 bits per heavy atom. The van der Waals surface area contributed by atoms with Crippen LogP contribution in [-0.2, 0) is 15.4 Å². The first-order chi connectivity index (χ1) is 14.4. The SMILES string of the molecule is CC(C)(C)c1cc(/C=C/c2ccc(NS(C)(=O)=O)cc2)c(O)c(-c2ccc[nH]c2=O)n1. The van der Waals surface area contributed by atoms with Crippen molar-refractivity contribution < 1.29 is 13.5 Å². The van der Waals surface area contributed by atoms with Gasteiger partial charge in [-0.15, -0.1) is 0 Å². The number of aromatic nitrogens is 2. The molecular formula is C23H25N3O4S. The summed E-state index contributed by atoms with van der Waals surface area (Å²) in [5, 5.41) is 10.9. The van der Waals surface area contributed by atoms with Gasteiger partial charge >= 0.3 is 0 Å². The number of hydrogen-bond acceptors (Lipinski definition) is 5. The summed E-state index contributed by atoms with van der Waals surface area (Å²) >= 11 is 0. The summed E-state index contributed by atoms with van der Waals surface area (Å²) in [5.74, 6) is -0.0867. The highest BCUT2D eigenvalue weighted by Gasteiger charge is 2.21. The molecule has 0 amide bonds. The molecule has 3 aromatic rings. The van der Waals surface area contributed by atoms with Crippen LogP contribution in [0.25, 0.3) is 23.4 Å². The minimum atomic E-state index is -3.34. The van der Waals surface area contributed by atoms with Gasteiger partial charge in [0.25, 0.3) is 5.56 Å². The third-order valence-corrected chi connectivity index (χ3v) is 5.14. The molecule has 31 heavy (non-hydrogen) atoms. The Hall–Kier alpha value is -3.39. The number of aromatic hydroxyl groups is 1. The largest absolute Gasteiger partial charge is 0.505 e. The maximum Gasteiger partial charge on any atom is 0.257 e. The summed E-state index contributed by atoms with van der Waals surface area (Å²) < 4.78 is 25.1. The zero-order valence-electron chi connectivity index (χ0n) is 17.8. The average Bonchev–Trinajstić information content (AvgIpc) is 2.67. The molecule has 8 heteroatoms. The van der Waals surface area contributed by atoms with Gasteiger partial charge in [0.15, 0.2) is 0 Å². The van der Waals surface area contributed by atoms with Crippen LogP contribution < -0.4 is 10.3 Å². The van der Waals surface area contributed by atoms with E-state index in [-0.39, 0.29) is 28.0 Å². The number of pyridine rings is 2. The van der Waals surface area contributed by atoms with Gasteiger partial charge in [0.2, 0.25) is 10.0 Å². The van der Waals surface area contributed by atoms with Crippen LogP contribution in [0, 0.1) is 0 Å². The lowest BCUT2D eigenvalue weighted by Gasteiger charge is -2.20. The zero-order valence-corrected chi connectivity index (χ0v) is 18.6. The minimum Gasteiger partial charge on any atom is -0.505 e. The number of aromatic amines is 1. The van der Waals surface area contributed by atoms with Gasteiger partial charge in [-0.25, -0.2) is 13.4 Å². The van der Waals surface area contributed by atoms with Crippen molar-refractivity contribution in [3.05, 3.63) is 75.8 Å². The second-order valence-corrected chi connectivity index (χ2v) is 10.0. The fourth-order valence-electron chi connectivity index (χ4n) is 2.93. The Balaban J connectivity index is 2.03. The Kier molecular flexibility index (Phi) is 6.03. The standard InChI is InChI=1S/C23H25N3O4S/c1-23(2,3)19-14-16(21(27)20(25-19)18-6-5-13-24-22(18)28)10-7-15-8-11-17(12-9-15)26-31(4,29)30/h5-14,26-27H,1-4H3,(H,24,28)/b10-7+. The lowest BCUT2D eigenvalue weighted by Crippen LogP contribution is -2.16. The van der Waals surface area contributed by atoms with Gasteiger partial charge < -0.3 is 10.1 Å². The molecule has 3 N–H and O–H groups in total. The van der Waals surface area contributed by atoms with Crippen molar-refractivity contribution in [1.82, 2.24) is 9.97 Å². The Morgan fingerprint density at radius 3 is 2.35 bits per heavy atom. The number of sulfonamides is 1. The molecule has 0 aliphatic heterocycles. The molecule has 3 rings (SSSR count). The van der Waals surface area contributed by atoms with E-state index in [9.17, 15) is 18.3 Å². The maximum absolute atomic E-state index is 12.3. The summed E-state index contributed by atoms with van der Waals surface area (Å²) in [5.41, 5.74) is 2.41. The molecule has 0 saturated carbocycles. The molecule has 2 aromatic heterocycles. The summed E-state index contributed by atoms with van der Waals surface area (Å²) in [7, 11) is -3.34. The molecule has 0 bridgehead atoms. The van der Waals surface area contributed by atoms with Crippen LogP contribution in [0.4, 0.5) is 5.69 Å². The van der Waals surface area contributed by atoms with Crippen molar-refractivity contribution in [2.75, 3.05) is 11.0 Å². The predicted molar refractivity (Wildman–Crippen MR) is 124 cm³/mol. The van der Waals surface area contributed by atoms with Gasteiger partial charge in [0, 0.05) is 28.6 Å². The highest BCUT2D eigenvalue weighted by molar-refractivity contribution is 7.92. The van der Waals surface area contributed by atoms with Crippen molar-refractivity contribution in [2.24, 2.45) is 0 Å². The van der Waals surface area contributed by atoms with Gasteiger partial charge in [-0.2, -0.15) is 0 Å². The molecule has 0 radical (unpaired) electrons. The van der Waals surface area contributed by atoms with Crippen LogP contribution in [0.1, 0.15) is 37.6 Å². The van der Waals surface area contributed by atoms with E-state index in [2.05, 4.69) is 14.7 Å². The zero-order chi connectivity index (χ0) is 22.8. The Bertz CT molecular complexity index is 1290. The van der Waals surface area contributed by atoms with E-state index in [1.54, 1.807) is 54.6 Å². The van der Waals surface area contributed by atoms with E-state index >= 15 is 0 Å². The summed E-state index contributed by atoms with van der Waals surface area (Å²) in [6.07, 6.45) is 6.16. The number of hydrogen-bond donors (Lipinski definition) is 3. The second-order valence-electron chi connectivity index (χ2n) is 8.29. The van der Waals surface area contributed by atoms with Crippen molar-refractivity contribution >= 4 is 27.9 Å². The van der Waals surface area contributed by atoms with Gasteiger partial charge in [0.1, 0.15) is 11.4 Å². The number of rotatable bonds is 5. The topological polar surface area (TPSA) is 112 Å². The minimum absolute atomic E-state index is 0.0867. The van der Waals surface area contributed by atoms with Gasteiger partial charge in [-0.3, -0.25) is 9.52 Å². The Morgan fingerprint density at radius 2 is 1.77 bits per heavy atom. The first-order valence-electron chi connectivity index (χ1n) is 9.62. The van der Waals surface area contributed by atoms with Crippen molar-refractivity contribution in [3.8, 4) is 17.0 Å². The van der Waals surface area contributed by atoms with Gasteiger partial charge in [-0.1, -0.05) is 45.1 Å². The molecule has 1 aromatic carbocycles. The van der Waals surface area contributed by atoms with Crippen molar-refractivity contribution in [3.63, 3.8) is 0 Å². The molecule has 0 saturated heterocycles. The van der Waals surface area contributed by atoms with E-state index in [4.69, 9.17) is 0 Å². The molecule has 0 unspecified atom stereocenters. The normalized spacial score (nSPS) is 12.3. The Labute approximate surface area is 181 Å². The first-order valence-corrected chi connectivity index (χ1v) is 11.5. The number of nitrogens with zero attached hydrogens (tertiary/aromatic N) is 1. The van der Waals surface area contributed by atoms with Crippen LogP contribution in [0.15, 0.2) is 53.5 Å². The second kappa shape index (κ2) is 8.39. The quantitative estimate of drug-likeness (QED) is 0.557. The highest BCUT2D eigenvalue weighted by atomic mass is 32.2. The van der Waals surface area contributed by atoms with Crippen LogP contribution in [0.3, 0.4) is 0 Å². The first kappa shape index (κ1) is 22.3. The van der Waals surface area contributed by atoms with Crippen molar-refractivity contribution in [1.29, 1.82) is 0 Å². The molecule has 0 fully saturated rings. The fourth-order valence-corrected chi connectivity index (χ4v) is 3.49. The lowest BCUT2D eigenvalue weighted by molar-refractivity contribution is 0.470. The summed E-state index contributed by atoms with van der Waals surface area (Å²) in [4.78, 5) is 19.5. The molecule has 0 atom stereocenters. The number of benzene rings is 1. The fraction of sp³-hybridized carbons (Fsp3) is 0.217. The van der Waals surface area contributed by atoms with Crippen LogP contribution in [-0.4, -0.2) is 29.7 Å². The number of nitrogens with one attached hydrogen (secondary N) is 2. The molecule has 2 heterocycles. The summed E-state index contributed by atoms with van der Waals surface area (Å²) in [6.45, 7) is 6.02. The third kappa shape index (κ3) is 5.61. The van der Waals surface area contributed by atoms with E-state index < -0.39 is 10.0 Å². The lowest BCUT2D eigenvalue weighted by atomic mass is 9.89. The summed E-state index contributed by atoms with van der Waals surface area (Å²) in [6, 6.07) is 11.9. The van der Waals surface area contributed by atoms with Gasteiger partial charge in [-0.05, 0) is 35.9 Å². The van der Waals surface area contributed by atoms with Crippen LogP contribution >= 0.6 is 0 Å². The van der Waals surface area contributed by atoms with Gasteiger partial charge in [0.05, 0.1) is 11.8 Å². The van der Waals surface area contributed by atoms with E-state index in [1.165, 1.54) is 6.20 Å². The van der Waals surface area contributed by atoms with E-state index in [1.807, 2.05) is 20.8 Å². The number of H-pyrrole nitrogens is 1. The molecule has 0 aliphatic carbocycles. The van der Waals surface area contributed by atoms with E-state index in [0.29, 0.717) is 11.3 Å². The van der Waals surface area contributed by atoms with Crippen LogP contribution in [0.5, 0.6) is 5.75 Å². The maximum atomic E-state index is 12.3. The average molecular weight is 440 g/mol. The smallest absolute Gasteiger partial charge is 0.257 e. The predicted octanol–water partition coefficient (Wildman–Crippen LogP) is 3.98. The molecule has 0 spiro atoms. The monoisotopic (exact) mass is 439 g/mol. The third-order valence-electron chi connectivity index (χ3n) is 4.53. The van der Waals surface area contributed by atoms with Crippen LogP contribution in [0.2, 0.25) is 0 Å². The van der Waals surface area contributed by atoms with E-state index in [0.717, 1.165) is 17.5 Å². The molecule has 0 aliphatic rings.